The van der Waals surface area contributed by atoms with E-state index in [2.05, 4.69) is 56.8 Å². The Bertz CT molecular complexity index is 4370. The number of nitrogens with one attached hydrogen (secondary N) is 6. The number of benzene rings is 6. The van der Waals surface area contributed by atoms with Crippen molar-refractivity contribution < 1.29 is 28.8 Å². The van der Waals surface area contributed by atoms with Crippen molar-refractivity contribution in [3.8, 4) is 33.8 Å². The first-order chi connectivity index (χ1) is 44.5. The van der Waals surface area contributed by atoms with Gasteiger partial charge in [-0.1, -0.05) is 59.1 Å². The van der Waals surface area contributed by atoms with E-state index in [1.807, 2.05) is 86.6 Å². The van der Waals surface area contributed by atoms with Crippen molar-refractivity contribution in [3.63, 3.8) is 0 Å². The van der Waals surface area contributed by atoms with Gasteiger partial charge in [0, 0.05) is 98.0 Å². The van der Waals surface area contributed by atoms with E-state index >= 15 is 0 Å². The van der Waals surface area contributed by atoms with Crippen molar-refractivity contribution in [2.45, 2.75) is 26.4 Å². The second kappa shape index (κ2) is 31.6. The van der Waals surface area contributed by atoms with E-state index in [-0.39, 0.29) is 41.5 Å². The number of amides is 6. The van der Waals surface area contributed by atoms with Crippen LogP contribution in [0.15, 0.2) is 243 Å². The van der Waals surface area contributed by atoms with Crippen LogP contribution in [-0.4, -0.2) is 66.4 Å². The van der Waals surface area contributed by atoms with E-state index in [1.54, 1.807) is 164 Å². The Morgan fingerprint density at radius 1 is 0.370 bits per heavy atom. The summed E-state index contributed by atoms with van der Waals surface area (Å²) in [4.78, 5) is 95.6. The van der Waals surface area contributed by atoms with E-state index in [1.165, 1.54) is 6.20 Å². The summed E-state index contributed by atoms with van der Waals surface area (Å²) in [7, 11) is 0. The zero-order valence-corrected chi connectivity index (χ0v) is 51.5. The molecule has 0 aliphatic rings. The predicted octanol–water partition coefficient (Wildman–Crippen LogP) is 14.7. The van der Waals surface area contributed by atoms with Crippen LogP contribution >= 0.6 is 34.8 Å². The van der Waals surface area contributed by atoms with Crippen LogP contribution in [0.4, 0.5) is 28.6 Å². The lowest BCUT2D eigenvalue weighted by Crippen LogP contribution is -2.30. The number of nitrogens with two attached hydrogens (primary N) is 1. The largest absolute Gasteiger partial charge is 0.384 e. The maximum absolute atomic E-state index is 12.7. The van der Waals surface area contributed by atoms with Crippen molar-refractivity contribution in [2.24, 2.45) is 0 Å². The normalized spacial score (nSPS) is 10.5. The van der Waals surface area contributed by atoms with E-state index in [9.17, 15) is 28.8 Å². The van der Waals surface area contributed by atoms with Crippen molar-refractivity contribution in [3.05, 3.63) is 297 Å². The topological polar surface area (TPSA) is 265 Å². The monoisotopic (exact) mass is 1280 g/mol. The number of anilines is 5. The maximum atomic E-state index is 12.7. The summed E-state index contributed by atoms with van der Waals surface area (Å²) in [5.41, 5.74) is 15.6. The summed E-state index contributed by atoms with van der Waals surface area (Å²) in [6, 6.07) is 60.4. The molecule has 0 bridgehead atoms. The Balaban J connectivity index is 0.000000164. The minimum atomic E-state index is -0.318. The molecule has 6 aromatic carbocycles. The molecule has 92 heavy (non-hydrogen) atoms. The lowest BCUT2D eigenvalue weighted by molar-refractivity contribution is 0.0937. The minimum absolute atomic E-state index is 0.0497. The molecule has 11 aromatic rings. The first kappa shape index (κ1) is 65.0. The molecule has 0 radical (unpaired) electrons. The highest BCUT2D eigenvalue weighted by Gasteiger charge is 2.16. The van der Waals surface area contributed by atoms with Crippen LogP contribution in [0, 0.1) is 0 Å². The molecule has 11 rings (SSSR count). The number of rotatable bonds is 16. The number of hydrogen-bond acceptors (Lipinski definition) is 12. The molecule has 458 valence electrons. The van der Waals surface area contributed by atoms with Gasteiger partial charge in [-0.2, -0.15) is 0 Å². The van der Waals surface area contributed by atoms with E-state index in [4.69, 9.17) is 40.5 Å². The highest BCUT2D eigenvalue weighted by atomic mass is 35.5. The Hall–Kier alpha value is -11.4. The Morgan fingerprint density at radius 2 is 0.696 bits per heavy atom. The van der Waals surface area contributed by atoms with Crippen LogP contribution in [0.2, 0.25) is 15.1 Å². The summed E-state index contributed by atoms with van der Waals surface area (Å²) >= 11 is 18.9. The molecule has 0 saturated carbocycles. The van der Waals surface area contributed by atoms with Gasteiger partial charge in [0.2, 0.25) is 0 Å². The third-order valence-corrected chi connectivity index (χ3v) is 14.3. The van der Waals surface area contributed by atoms with Gasteiger partial charge >= 0.3 is 0 Å². The molecule has 18 nitrogen and oxygen atoms in total. The molecule has 0 spiro atoms. The lowest BCUT2D eigenvalue weighted by atomic mass is 10.1. The fourth-order valence-corrected chi connectivity index (χ4v) is 9.34. The number of nitrogen functional groups attached to an aromatic ring is 1. The number of halogens is 3. The number of carbonyl (C=O) groups is 6. The molecular weight excluding hydrogens is 1220 g/mol. The van der Waals surface area contributed by atoms with Gasteiger partial charge in [-0.15, -0.1) is 0 Å². The summed E-state index contributed by atoms with van der Waals surface area (Å²) < 4.78 is 0. The lowest BCUT2D eigenvalue weighted by Gasteiger charge is -2.10. The van der Waals surface area contributed by atoms with Crippen molar-refractivity contribution in [2.75, 3.05) is 27.0 Å². The van der Waals surface area contributed by atoms with Gasteiger partial charge in [0.15, 0.2) is 0 Å². The number of hydrogen-bond donors (Lipinski definition) is 7. The van der Waals surface area contributed by atoms with Gasteiger partial charge in [0.05, 0.1) is 56.3 Å². The zero-order chi connectivity index (χ0) is 64.9. The predicted molar refractivity (Wildman–Crippen MR) is 362 cm³/mol. The molecule has 8 N–H and O–H groups in total. The van der Waals surface area contributed by atoms with Crippen molar-refractivity contribution in [1.82, 2.24) is 35.6 Å². The van der Waals surface area contributed by atoms with Gasteiger partial charge in [0.1, 0.15) is 5.82 Å². The third-order valence-electron chi connectivity index (χ3n) is 13.3. The standard InChI is InChI=1S/C25H19ClN4O2.C24H18ClN5O2.C22H20ClN3O2/c26-22-12-11-19(15-21(22)23-6-2-4-14-28-23)30-25(32)18-9-7-17(8-10-18)24(31)29-16-20-5-1-3-13-27-20;25-20-10-8-17(13-19(20)21-3-1-2-12-27-21)29-23(31)15-4-6-16(7-5-15)24(32)30-18-9-11-22(26)28-14-18;1-14(2)25-21(27)15-6-8-16(9-7-15)22(28)26-17-10-11-19(23)18(13-17)20-5-3-4-12-24-20/h1-15H,16H2,(H,29,31)(H,30,32);1-14H,(H2,26,28)(H,29,31)(H,30,32);3-14H,1-2H3,(H,25,27)(H,26,28). The fraction of sp³-hybridized carbons (Fsp3) is 0.0563. The van der Waals surface area contributed by atoms with Crippen molar-refractivity contribution in [1.29, 1.82) is 0 Å². The first-order valence-corrected chi connectivity index (χ1v) is 29.6. The Morgan fingerprint density at radius 3 is 1.01 bits per heavy atom. The molecule has 5 heterocycles. The summed E-state index contributed by atoms with van der Waals surface area (Å²) in [6.07, 6.45) is 8.20. The van der Waals surface area contributed by atoms with E-state index < -0.39 is 0 Å². The average molecular weight is 1280 g/mol. The molecule has 0 aliphatic heterocycles. The molecule has 0 aliphatic carbocycles. The van der Waals surface area contributed by atoms with Crippen LogP contribution in [0.5, 0.6) is 0 Å². The fourth-order valence-electron chi connectivity index (χ4n) is 8.70. The van der Waals surface area contributed by atoms with Crippen LogP contribution in [-0.2, 0) is 6.54 Å². The number of nitrogens with zero attached hydrogens (tertiary/aromatic N) is 5. The average Bonchev–Trinajstić information content (AvgIpc) is 2.07. The molecule has 0 unspecified atom stereocenters. The second-order valence-electron chi connectivity index (χ2n) is 20.4. The molecule has 0 fully saturated rings. The quantitative estimate of drug-likeness (QED) is 0.0476. The van der Waals surface area contributed by atoms with E-state index in [0.29, 0.717) is 94.8 Å². The summed E-state index contributed by atoms with van der Waals surface area (Å²) in [5.74, 6) is -1.23. The Kier molecular flexibility index (Phi) is 22.4. The number of aromatic nitrogens is 5. The van der Waals surface area contributed by atoms with E-state index in [0.717, 1.165) is 28.2 Å². The molecule has 0 atom stereocenters. The Labute approximate surface area is 544 Å². The molecule has 0 saturated heterocycles. The van der Waals surface area contributed by atoms with Crippen LogP contribution in [0.1, 0.15) is 81.7 Å². The highest BCUT2D eigenvalue weighted by Crippen LogP contribution is 2.32. The van der Waals surface area contributed by atoms with Crippen LogP contribution < -0.4 is 37.6 Å². The number of carbonyl (C=O) groups excluding carboxylic acids is 6. The van der Waals surface area contributed by atoms with Crippen LogP contribution in [0.25, 0.3) is 33.8 Å². The zero-order valence-electron chi connectivity index (χ0n) is 49.3. The SMILES string of the molecule is CC(C)NC(=O)c1ccc(C(=O)Nc2ccc(Cl)c(-c3ccccn3)c2)cc1.Nc1ccc(NC(=O)c2ccc(C(=O)Nc3ccc(Cl)c(-c4ccccn4)c3)cc2)cn1.O=C(NCc1ccccn1)c1ccc(C(=O)Nc2ccc(Cl)c(-c3ccccn3)c2)cc1. The molecule has 5 aromatic heterocycles. The van der Waals surface area contributed by atoms with Crippen molar-refractivity contribution >= 4 is 98.8 Å². The van der Waals surface area contributed by atoms with Gasteiger partial charge < -0.3 is 37.6 Å². The third kappa shape index (κ3) is 18.3. The molecular formula is C71H57Cl3N12O6. The van der Waals surface area contributed by atoms with Gasteiger partial charge in [0.25, 0.3) is 35.4 Å². The second-order valence-corrected chi connectivity index (χ2v) is 21.6. The summed E-state index contributed by atoms with van der Waals surface area (Å²) in [5, 5.41) is 18.5. The number of pyridine rings is 5. The molecule has 21 heteroatoms. The van der Waals surface area contributed by atoms with Gasteiger partial charge in [-0.05, 0) is 202 Å². The minimum Gasteiger partial charge on any atom is -0.384 e. The smallest absolute Gasteiger partial charge is 0.255 e. The summed E-state index contributed by atoms with van der Waals surface area (Å²) in [6.45, 7) is 4.12. The first-order valence-electron chi connectivity index (χ1n) is 28.4. The van der Waals surface area contributed by atoms with Crippen LogP contribution in [0.3, 0.4) is 0 Å². The van der Waals surface area contributed by atoms with Gasteiger partial charge in [-0.25, -0.2) is 4.98 Å². The highest BCUT2D eigenvalue weighted by molar-refractivity contribution is 6.34. The maximum Gasteiger partial charge on any atom is 0.255 e. The molecule has 6 amide bonds. The van der Waals surface area contributed by atoms with Gasteiger partial charge in [-0.3, -0.25) is 48.7 Å².